The van der Waals surface area contributed by atoms with E-state index in [9.17, 15) is 9.59 Å². The lowest BCUT2D eigenvalue weighted by Crippen LogP contribution is -2.14. The average Bonchev–Trinajstić information content (AvgIpc) is 3.16. The second-order valence-electron chi connectivity index (χ2n) is 6.25. The van der Waals surface area contributed by atoms with Gasteiger partial charge in [-0.3, -0.25) is 4.79 Å². The van der Waals surface area contributed by atoms with Crippen LogP contribution in [0.3, 0.4) is 0 Å². The number of thioether (sulfide) groups is 1. The van der Waals surface area contributed by atoms with E-state index in [0.717, 1.165) is 17.3 Å². The highest BCUT2D eigenvalue weighted by Crippen LogP contribution is 2.24. The molecule has 0 aliphatic carbocycles. The summed E-state index contributed by atoms with van der Waals surface area (Å²) in [6.07, 6.45) is -0.191. The second kappa shape index (κ2) is 9.58. The minimum Gasteiger partial charge on any atom is -0.459 e. The molecule has 3 rings (SSSR count). The van der Waals surface area contributed by atoms with Crippen LogP contribution >= 0.6 is 23.4 Å². The molecule has 0 saturated carbocycles. The number of carbonyl (C=O) groups is 2. The highest BCUT2D eigenvalue weighted by Gasteiger charge is 2.12. The van der Waals surface area contributed by atoms with E-state index >= 15 is 0 Å². The lowest BCUT2D eigenvalue weighted by atomic mass is 10.2. The number of hydrogen-bond acceptors (Lipinski definition) is 7. The van der Waals surface area contributed by atoms with Crippen LogP contribution in [0.5, 0.6) is 0 Å². The molecule has 0 unspecified atom stereocenters. The average molecular weight is 432 g/mol. The van der Waals surface area contributed by atoms with Crippen LogP contribution in [0.4, 0.5) is 5.69 Å². The predicted molar refractivity (Wildman–Crippen MR) is 111 cm³/mol. The summed E-state index contributed by atoms with van der Waals surface area (Å²) in [6, 6.07) is 13.5. The molecule has 29 heavy (non-hydrogen) atoms. The number of hydrogen-bond donors (Lipinski definition) is 1. The molecule has 0 bridgehead atoms. The van der Waals surface area contributed by atoms with Crippen LogP contribution in [0.2, 0.25) is 5.02 Å². The molecule has 0 fully saturated rings. The molecule has 9 heteroatoms. The standard InChI is InChI=1S/C20H18ClN3O4S/c1-12(2)27-19(26)14-5-9-16(10-6-14)22-17(25)11-29-20-24-23-18(28-20)13-3-7-15(21)8-4-13/h3-10,12H,11H2,1-2H3,(H,22,25). The fourth-order valence-corrected chi connectivity index (χ4v) is 2.96. The number of carbonyl (C=O) groups excluding carboxylic acids is 2. The topological polar surface area (TPSA) is 94.3 Å². The van der Waals surface area contributed by atoms with Crippen LogP contribution in [0.1, 0.15) is 24.2 Å². The largest absolute Gasteiger partial charge is 0.459 e. The third kappa shape index (κ3) is 6.07. The molecular weight excluding hydrogens is 414 g/mol. The van der Waals surface area contributed by atoms with Crippen LogP contribution in [0.25, 0.3) is 11.5 Å². The molecule has 3 aromatic rings. The van der Waals surface area contributed by atoms with Crippen molar-refractivity contribution in [2.45, 2.75) is 25.2 Å². The molecule has 0 aliphatic heterocycles. The number of nitrogens with zero attached hydrogens (tertiary/aromatic N) is 2. The number of esters is 1. The van der Waals surface area contributed by atoms with Crippen molar-refractivity contribution in [3.05, 3.63) is 59.1 Å². The van der Waals surface area contributed by atoms with Gasteiger partial charge in [0.1, 0.15) is 0 Å². The highest BCUT2D eigenvalue weighted by molar-refractivity contribution is 7.99. The predicted octanol–water partition coefficient (Wildman–Crippen LogP) is 4.69. The zero-order chi connectivity index (χ0) is 20.8. The number of rotatable bonds is 7. The van der Waals surface area contributed by atoms with Gasteiger partial charge >= 0.3 is 5.97 Å². The van der Waals surface area contributed by atoms with Crippen molar-refractivity contribution in [2.24, 2.45) is 0 Å². The van der Waals surface area contributed by atoms with E-state index in [1.54, 1.807) is 62.4 Å². The molecule has 7 nitrogen and oxygen atoms in total. The van der Waals surface area contributed by atoms with Crippen molar-refractivity contribution >= 4 is 40.9 Å². The monoisotopic (exact) mass is 431 g/mol. The Morgan fingerprint density at radius 2 is 1.79 bits per heavy atom. The molecule has 0 atom stereocenters. The number of halogens is 1. The lowest BCUT2D eigenvalue weighted by Gasteiger charge is -2.08. The van der Waals surface area contributed by atoms with Gasteiger partial charge in [-0.05, 0) is 62.4 Å². The van der Waals surface area contributed by atoms with E-state index in [1.807, 2.05) is 0 Å². The zero-order valence-electron chi connectivity index (χ0n) is 15.7. The van der Waals surface area contributed by atoms with Gasteiger partial charge in [-0.1, -0.05) is 23.4 Å². The summed E-state index contributed by atoms with van der Waals surface area (Å²) in [4.78, 5) is 24.0. The van der Waals surface area contributed by atoms with Gasteiger partial charge in [-0.15, -0.1) is 10.2 Å². The highest BCUT2D eigenvalue weighted by atomic mass is 35.5. The fraction of sp³-hybridized carbons (Fsp3) is 0.200. The minimum absolute atomic E-state index is 0.0966. The molecule has 1 heterocycles. The van der Waals surface area contributed by atoms with Crippen LogP contribution in [-0.4, -0.2) is 33.9 Å². The number of nitrogens with one attached hydrogen (secondary N) is 1. The second-order valence-corrected chi connectivity index (χ2v) is 7.61. The van der Waals surface area contributed by atoms with Crippen molar-refractivity contribution < 1.29 is 18.7 Å². The normalized spacial score (nSPS) is 10.8. The first-order chi connectivity index (χ1) is 13.9. The molecule has 2 aromatic carbocycles. The van der Waals surface area contributed by atoms with Gasteiger partial charge < -0.3 is 14.5 Å². The summed E-state index contributed by atoms with van der Waals surface area (Å²) in [5.41, 5.74) is 1.74. The number of ether oxygens (including phenoxy) is 1. The van der Waals surface area contributed by atoms with Crippen molar-refractivity contribution in [1.82, 2.24) is 10.2 Å². The number of benzene rings is 2. The van der Waals surface area contributed by atoms with Gasteiger partial charge in [0.15, 0.2) is 0 Å². The molecular formula is C20H18ClN3O4S. The van der Waals surface area contributed by atoms with Crippen molar-refractivity contribution in [3.8, 4) is 11.5 Å². The SMILES string of the molecule is CC(C)OC(=O)c1ccc(NC(=O)CSc2nnc(-c3ccc(Cl)cc3)o2)cc1. The lowest BCUT2D eigenvalue weighted by molar-refractivity contribution is -0.113. The Kier molecular flexibility index (Phi) is 6.90. The van der Waals surface area contributed by atoms with Crippen LogP contribution in [0, 0.1) is 0 Å². The Balaban J connectivity index is 1.51. The van der Waals surface area contributed by atoms with E-state index in [-0.39, 0.29) is 23.0 Å². The number of amides is 1. The van der Waals surface area contributed by atoms with Crippen LogP contribution in [0.15, 0.2) is 58.2 Å². The van der Waals surface area contributed by atoms with Crippen LogP contribution < -0.4 is 5.32 Å². The maximum Gasteiger partial charge on any atom is 0.338 e. The number of anilines is 1. The molecule has 150 valence electrons. The third-order valence-corrected chi connectivity index (χ3v) is 4.64. The van der Waals surface area contributed by atoms with Gasteiger partial charge in [0, 0.05) is 16.3 Å². The summed E-state index contributed by atoms with van der Waals surface area (Å²) in [7, 11) is 0. The van der Waals surface area contributed by atoms with Crippen molar-refractivity contribution in [1.29, 1.82) is 0 Å². The van der Waals surface area contributed by atoms with E-state index < -0.39 is 5.97 Å². The van der Waals surface area contributed by atoms with Gasteiger partial charge in [0.2, 0.25) is 11.8 Å². The zero-order valence-corrected chi connectivity index (χ0v) is 17.3. The molecule has 1 N–H and O–H groups in total. The molecule has 0 radical (unpaired) electrons. The van der Waals surface area contributed by atoms with Gasteiger partial charge in [0.25, 0.3) is 5.22 Å². The maximum absolute atomic E-state index is 12.1. The Morgan fingerprint density at radius 3 is 2.45 bits per heavy atom. The Labute approximate surface area is 176 Å². The third-order valence-electron chi connectivity index (χ3n) is 3.57. The minimum atomic E-state index is -0.402. The van der Waals surface area contributed by atoms with Crippen LogP contribution in [-0.2, 0) is 9.53 Å². The van der Waals surface area contributed by atoms with Crippen molar-refractivity contribution in [3.63, 3.8) is 0 Å². The van der Waals surface area contributed by atoms with Gasteiger partial charge in [-0.2, -0.15) is 0 Å². The summed E-state index contributed by atoms with van der Waals surface area (Å²) in [5, 5.41) is 11.6. The van der Waals surface area contributed by atoms with E-state index in [4.69, 9.17) is 20.8 Å². The smallest absolute Gasteiger partial charge is 0.338 e. The van der Waals surface area contributed by atoms with Gasteiger partial charge in [-0.25, -0.2) is 4.79 Å². The number of aromatic nitrogens is 2. The molecule has 0 aliphatic rings. The molecule has 0 spiro atoms. The first-order valence-electron chi connectivity index (χ1n) is 8.74. The maximum atomic E-state index is 12.1. The van der Waals surface area contributed by atoms with Gasteiger partial charge in [0.05, 0.1) is 17.4 Å². The first-order valence-corrected chi connectivity index (χ1v) is 10.1. The fourth-order valence-electron chi connectivity index (χ4n) is 2.27. The summed E-state index contributed by atoms with van der Waals surface area (Å²) >= 11 is 6.99. The summed E-state index contributed by atoms with van der Waals surface area (Å²) < 4.78 is 10.7. The molecule has 1 aromatic heterocycles. The Morgan fingerprint density at radius 1 is 1.10 bits per heavy atom. The Bertz CT molecular complexity index is 988. The van der Waals surface area contributed by atoms with E-state index in [0.29, 0.717) is 22.2 Å². The quantitative estimate of drug-likeness (QED) is 0.428. The van der Waals surface area contributed by atoms with E-state index in [1.165, 1.54) is 0 Å². The first kappa shape index (κ1) is 20.9. The molecule has 0 saturated heterocycles. The van der Waals surface area contributed by atoms with Crippen molar-refractivity contribution in [2.75, 3.05) is 11.1 Å². The summed E-state index contributed by atoms with van der Waals surface area (Å²) in [5.74, 6) is -0.187. The van der Waals surface area contributed by atoms with E-state index in [2.05, 4.69) is 15.5 Å². The Hall–Kier alpha value is -2.84. The summed E-state index contributed by atoms with van der Waals surface area (Å²) in [6.45, 7) is 3.57. The molecule has 1 amide bonds.